The zero-order chi connectivity index (χ0) is 25.0. The van der Waals surface area contributed by atoms with Gasteiger partial charge in [0.05, 0.1) is 13.3 Å². The average Bonchev–Trinajstić information content (AvgIpc) is 2.75. The number of rotatable bonds is 5. The number of amides is 3. The van der Waals surface area contributed by atoms with Crippen LogP contribution in [0.3, 0.4) is 0 Å². The van der Waals surface area contributed by atoms with Crippen molar-refractivity contribution in [1.82, 2.24) is 10.3 Å². The van der Waals surface area contributed by atoms with Crippen molar-refractivity contribution in [3.63, 3.8) is 0 Å². The van der Waals surface area contributed by atoms with E-state index in [4.69, 9.17) is 19.1 Å². The lowest BCUT2D eigenvalue weighted by Gasteiger charge is -2.12. The summed E-state index contributed by atoms with van der Waals surface area (Å²) in [7, 11) is 1.41. The fraction of sp³-hybridized carbons (Fsp3) is 0.0952. The molecule has 7 nitrogen and oxygen atoms in total. The minimum absolute atomic E-state index is 0.0260. The lowest BCUT2D eigenvalue weighted by molar-refractivity contribution is -0.137. The first-order chi connectivity index (χ1) is 16.0. The minimum Gasteiger partial charge on any atom is -0.457 e. The van der Waals surface area contributed by atoms with E-state index >= 15 is 0 Å². The van der Waals surface area contributed by atoms with Gasteiger partial charge in [-0.15, -0.1) is 0 Å². The van der Waals surface area contributed by atoms with Crippen molar-refractivity contribution < 1.29 is 30.2 Å². The Morgan fingerprint density at radius 2 is 1.75 bits per heavy atom. The minimum atomic E-state index is -4.69. The van der Waals surface area contributed by atoms with Gasteiger partial charge in [0.1, 0.15) is 17.2 Å². The number of aromatic nitrogens is 1. The monoisotopic (exact) mass is 466 g/mol. The Morgan fingerprint density at radius 3 is 2.44 bits per heavy atom. The summed E-state index contributed by atoms with van der Waals surface area (Å²) in [5.41, 5.74) is -1.21. The van der Waals surface area contributed by atoms with Crippen LogP contribution in [0.1, 0.15) is 18.8 Å². The second-order valence-corrected chi connectivity index (χ2v) is 6.62. The zero-order valence-corrected chi connectivity index (χ0v) is 17.1. The summed E-state index contributed by atoms with van der Waals surface area (Å²) in [6, 6.07) is 8.51. The smallest absolute Gasteiger partial charge is 0.417 e. The van der Waals surface area contributed by atoms with Crippen molar-refractivity contribution in [2.45, 2.75) is 6.18 Å². The quantitative estimate of drug-likeness (QED) is 0.459. The molecule has 3 rings (SSSR count). The Morgan fingerprint density at radius 1 is 1.03 bits per heavy atom. The molecule has 0 saturated carbocycles. The first-order valence-corrected chi connectivity index (χ1v) is 9.28. The maximum absolute atomic E-state index is 13.0. The van der Waals surface area contributed by atoms with Crippen molar-refractivity contribution >= 4 is 34.9 Å². The topological polar surface area (TPSA) is 92.4 Å². The molecule has 3 aromatic rings. The summed E-state index contributed by atoms with van der Waals surface area (Å²) >= 11 is 5.56. The van der Waals surface area contributed by atoms with Crippen LogP contribution in [0, 0.1) is 0 Å². The Kier molecular flexibility index (Phi) is 6.02. The summed E-state index contributed by atoms with van der Waals surface area (Å²) in [5.74, 6) is -0.190. The van der Waals surface area contributed by atoms with Gasteiger partial charge in [0.25, 0.3) is 5.91 Å². The number of hydrogen-bond donors (Lipinski definition) is 3. The molecule has 2 aromatic carbocycles. The van der Waals surface area contributed by atoms with Crippen LogP contribution < -0.4 is 20.7 Å². The summed E-state index contributed by atoms with van der Waals surface area (Å²) in [4.78, 5) is 27.7. The normalized spacial score (nSPS) is 11.8. The van der Waals surface area contributed by atoms with Gasteiger partial charge in [0, 0.05) is 30.7 Å². The van der Waals surface area contributed by atoms with Crippen LogP contribution in [-0.4, -0.2) is 24.0 Å². The van der Waals surface area contributed by atoms with Crippen molar-refractivity contribution in [2.24, 2.45) is 0 Å². The first kappa shape index (κ1) is 20.1. The van der Waals surface area contributed by atoms with Gasteiger partial charge in [0.15, 0.2) is 0 Å². The van der Waals surface area contributed by atoms with Gasteiger partial charge in [-0.25, -0.2) is 4.79 Å². The molecule has 0 aliphatic carbocycles. The van der Waals surface area contributed by atoms with Crippen LogP contribution in [0.4, 0.5) is 29.3 Å². The lowest BCUT2D eigenvalue weighted by Crippen LogP contribution is -2.19. The second kappa shape index (κ2) is 9.56. The summed E-state index contributed by atoms with van der Waals surface area (Å²) in [6.07, 6.45) is -4.89. The van der Waals surface area contributed by atoms with E-state index in [0.29, 0.717) is 6.07 Å². The van der Waals surface area contributed by atoms with Gasteiger partial charge in [-0.05, 0) is 48.5 Å². The highest BCUT2D eigenvalue weighted by Crippen LogP contribution is 2.36. The Labute approximate surface area is 188 Å². The summed E-state index contributed by atoms with van der Waals surface area (Å²) < 4.78 is 60.3. The maximum atomic E-state index is 13.0. The highest BCUT2D eigenvalue weighted by Gasteiger charge is 2.33. The highest BCUT2D eigenvalue weighted by molar-refractivity contribution is 6.31. The van der Waals surface area contributed by atoms with Crippen LogP contribution in [0.5, 0.6) is 11.5 Å². The van der Waals surface area contributed by atoms with E-state index in [2.05, 4.69) is 20.9 Å². The number of urea groups is 1. The number of pyridine rings is 1. The molecule has 0 aliphatic heterocycles. The summed E-state index contributed by atoms with van der Waals surface area (Å²) in [6.45, 7) is 0. The number of anilines is 2. The molecule has 11 heteroatoms. The van der Waals surface area contributed by atoms with Gasteiger partial charge in [0.2, 0.25) is 0 Å². The molecular formula is C21H16ClF3N4O3. The molecule has 0 fully saturated rings. The van der Waals surface area contributed by atoms with Crippen LogP contribution >= 0.6 is 11.6 Å². The number of hydrogen-bond acceptors (Lipinski definition) is 4. The average molecular weight is 467 g/mol. The van der Waals surface area contributed by atoms with E-state index in [0.717, 1.165) is 6.07 Å². The van der Waals surface area contributed by atoms with Crippen LogP contribution in [0.2, 0.25) is 5.02 Å². The number of carbonyl (C=O) groups is 2. The number of nitrogens with zero attached hydrogens (tertiary/aromatic N) is 1. The lowest BCUT2D eigenvalue weighted by atomic mass is 10.2. The molecule has 0 aliphatic rings. The van der Waals surface area contributed by atoms with E-state index < -0.39 is 28.7 Å². The SMILES string of the molecule is [2H]c1cc(Oc2ccc(NC(=O)Nc3ccc(Cl)c(C(F)(F)F)c3)c([2H])c2)cc(C(=O)NC)n1. The van der Waals surface area contributed by atoms with E-state index in [1.54, 1.807) is 0 Å². The fourth-order valence-corrected chi connectivity index (χ4v) is 2.69. The van der Waals surface area contributed by atoms with Crippen molar-refractivity contribution in [1.29, 1.82) is 0 Å². The molecule has 166 valence electrons. The van der Waals surface area contributed by atoms with Crippen molar-refractivity contribution in [3.05, 3.63) is 77.0 Å². The molecule has 0 bridgehead atoms. The standard InChI is InChI=1S/C21H16ClF3N4O3/c1-26-19(30)18-11-15(8-9-27-18)32-14-5-2-12(3-6-14)28-20(31)29-13-4-7-17(22)16(10-13)21(23,24)25/h2-11H,1H3,(H,26,30)(H2,28,29,31)/i2D,9D. The third kappa shape index (κ3) is 5.88. The third-order valence-electron chi connectivity index (χ3n) is 3.93. The predicted molar refractivity (Wildman–Crippen MR) is 113 cm³/mol. The van der Waals surface area contributed by atoms with Gasteiger partial charge < -0.3 is 20.7 Å². The van der Waals surface area contributed by atoms with Crippen LogP contribution in [-0.2, 0) is 6.18 Å². The van der Waals surface area contributed by atoms with E-state index in [1.807, 2.05) is 0 Å². The Hall–Kier alpha value is -3.79. The predicted octanol–water partition coefficient (Wildman–Crippen LogP) is 5.55. The van der Waals surface area contributed by atoms with Crippen LogP contribution in [0.15, 0.2) is 60.7 Å². The van der Waals surface area contributed by atoms with E-state index in [1.165, 1.54) is 43.4 Å². The van der Waals surface area contributed by atoms with Crippen molar-refractivity contribution in [3.8, 4) is 11.5 Å². The molecule has 0 unspecified atom stereocenters. The van der Waals surface area contributed by atoms with E-state index in [9.17, 15) is 22.8 Å². The zero-order valence-electron chi connectivity index (χ0n) is 18.3. The molecule has 1 aromatic heterocycles. The van der Waals surface area contributed by atoms with Gasteiger partial charge in [-0.3, -0.25) is 9.78 Å². The molecule has 0 atom stereocenters. The van der Waals surface area contributed by atoms with Gasteiger partial charge in [-0.1, -0.05) is 11.6 Å². The van der Waals surface area contributed by atoms with Crippen LogP contribution in [0.25, 0.3) is 0 Å². The molecular weight excluding hydrogens is 449 g/mol. The largest absolute Gasteiger partial charge is 0.457 e. The number of benzene rings is 2. The number of ether oxygens (including phenoxy) is 1. The Balaban J connectivity index is 1.71. The van der Waals surface area contributed by atoms with Gasteiger partial charge in [-0.2, -0.15) is 13.2 Å². The Bertz CT molecular complexity index is 1260. The molecule has 0 saturated heterocycles. The molecule has 0 spiro atoms. The van der Waals surface area contributed by atoms with Crippen molar-refractivity contribution in [2.75, 3.05) is 17.7 Å². The molecule has 3 N–H and O–H groups in total. The number of carbonyl (C=O) groups excluding carboxylic acids is 2. The second-order valence-electron chi connectivity index (χ2n) is 6.21. The third-order valence-corrected chi connectivity index (χ3v) is 4.26. The summed E-state index contributed by atoms with van der Waals surface area (Å²) in [5, 5.41) is 6.50. The maximum Gasteiger partial charge on any atom is 0.417 e. The fourth-order valence-electron chi connectivity index (χ4n) is 2.47. The highest BCUT2D eigenvalue weighted by atomic mass is 35.5. The molecule has 1 heterocycles. The number of alkyl halides is 3. The molecule has 0 radical (unpaired) electrons. The number of nitrogens with one attached hydrogen (secondary N) is 3. The number of halogens is 4. The van der Waals surface area contributed by atoms with E-state index in [-0.39, 0.29) is 40.8 Å². The van der Waals surface area contributed by atoms with Gasteiger partial charge >= 0.3 is 12.2 Å². The molecule has 32 heavy (non-hydrogen) atoms. The first-order valence-electron chi connectivity index (χ1n) is 9.90. The molecule has 3 amide bonds.